The quantitative estimate of drug-likeness (QED) is 0.0935. The van der Waals surface area contributed by atoms with Crippen LogP contribution in [0.5, 0.6) is 17.2 Å². The number of benzene rings is 2. The number of carbonyl (C=O) groups is 2. The Labute approximate surface area is 333 Å². The minimum absolute atomic E-state index is 0. The first-order chi connectivity index (χ1) is 25.7. The minimum Gasteiger partial charge on any atom is -0.619 e. The maximum Gasteiger partial charge on any atom is 0.387 e. The van der Waals surface area contributed by atoms with E-state index in [0.29, 0.717) is 37.6 Å². The third kappa shape index (κ3) is 12.6. The van der Waals surface area contributed by atoms with E-state index in [4.69, 9.17) is 46.9 Å². The number of morpholine rings is 1. The molecule has 0 radical (unpaired) electrons. The zero-order valence-electron chi connectivity index (χ0n) is 29.8. The van der Waals surface area contributed by atoms with Gasteiger partial charge in [-0.05, 0) is 54.7 Å². The number of sulfonamides is 1. The normalized spacial score (nSPS) is 15.1. The van der Waals surface area contributed by atoms with Crippen LogP contribution in [0.4, 0.5) is 14.5 Å². The van der Waals surface area contributed by atoms with Crippen molar-refractivity contribution in [3.63, 3.8) is 0 Å². The van der Waals surface area contributed by atoms with E-state index < -0.39 is 41.3 Å². The van der Waals surface area contributed by atoms with Crippen LogP contribution in [0.2, 0.25) is 10.0 Å². The second-order valence-electron chi connectivity index (χ2n) is 12.6. The highest BCUT2D eigenvalue weighted by atomic mass is 35.5. The second-order valence-corrected chi connectivity index (χ2v) is 15.3. The molecule has 3 aromatic rings. The third-order valence-corrected chi connectivity index (χ3v) is 10.4. The average molecular weight is 855 g/mol. The molecule has 1 aromatic heterocycles. The van der Waals surface area contributed by atoms with Crippen LogP contribution < -0.4 is 23.2 Å². The average Bonchev–Trinajstić information content (AvgIpc) is 3.95. The largest absolute Gasteiger partial charge is 0.619 e. The molecule has 302 valence electrons. The third-order valence-electron chi connectivity index (χ3n) is 8.58. The predicted octanol–water partition coefficient (Wildman–Crippen LogP) is 5.23. The molecule has 1 aliphatic heterocycles. The number of halogens is 5. The Bertz CT molecular complexity index is 1900. The predicted molar refractivity (Wildman–Crippen MR) is 199 cm³/mol. The first-order valence-electron chi connectivity index (χ1n) is 16.8. The number of nitrogens with zero attached hydrogens (tertiary/aromatic N) is 3. The lowest BCUT2D eigenvalue weighted by Gasteiger charge is -2.30. The van der Waals surface area contributed by atoms with Crippen molar-refractivity contribution in [1.82, 2.24) is 4.90 Å². The molecule has 14 nitrogen and oxygen atoms in total. The maximum absolute atomic E-state index is 13.2. The first kappa shape index (κ1) is 43.9. The molecule has 2 heterocycles. The fraction of sp³-hybridized carbons (Fsp3) is 0.457. The Morgan fingerprint density at radius 2 is 1.73 bits per heavy atom. The van der Waals surface area contributed by atoms with Crippen molar-refractivity contribution in [1.29, 1.82) is 0 Å². The van der Waals surface area contributed by atoms with E-state index in [1.807, 2.05) is 0 Å². The highest BCUT2D eigenvalue weighted by Gasteiger charge is 2.28. The molecule has 55 heavy (non-hydrogen) atoms. The molecular formula is C35H40Cl3F2N3O11S. The molecule has 0 spiro atoms. The number of alkyl halides is 2. The number of pyridine rings is 1. The van der Waals surface area contributed by atoms with Crippen molar-refractivity contribution in [2.75, 3.05) is 70.3 Å². The highest BCUT2D eigenvalue weighted by Crippen LogP contribution is 2.38. The molecule has 2 aromatic carbocycles. The van der Waals surface area contributed by atoms with Crippen LogP contribution in [0.25, 0.3) is 0 Å². The van der Waals surface area contributed by atoms with Gasteiger partial charge in [0.2, 0.25) is 10.0 Å². The highest BCUT2D eigenvalue weighted by molar-refractivity contribution is 7.92. The molecule has 2 fully saturated rings. The minimum atomic E-state index is -3.83. The standard InChI is InChI=1S/C35H39Cl2F2N3O11S.ClH/c1-48-29-7-6-24(15-28(29)42(54(2,46)47)10-9-40-11-13-49-14-12-40)34(44)51-21-33(43)52-31(17-25-26(36)18-41(45)19-27(25)37)23-5-8-30(53-35(38)39)32(16-23)50-20-22-3-4-22;/h5-8,15-16,18-19,22,31,35H,3-4,9-14,17,20-21H2,1-2H3;1H. The van der Waals surface area contributed by atoms with Crippen molar-refractivity contribution in [2.24, 2.45) is 5.92 Å². The Morgan fingerprint density at radius 3 is 2.35 bits per heavy atom. The molecule has 1 saturated carbocycles. The molecular weight excluding hydrogens is 815 g/mol. The van der Waals surface area contributed by atoms with Gasteiger partial charge in [0, 0.05) is 38.2 Å². The van der Waals surface area contributed by atoms with Crippen LogP contribution in [0.15, 0.2) is 48.8 Å². The summed E-state index contributed by atoms with van der Waals surface area (Å²) < 4.78 is 85.9. The van der Waals surface area contributed by atoms with Crippen LogP contribution in [-0.2, 0) is 35.4 Å². The lowest BCUT2D eigenvalue weighted by Crippen LogP contribution is -2.43. The van der Waals surface area contributed by atoms with E-state index in [9.17, 15) is 32.0 Å². The molecule has 0 amide bonds. The summed E-state index contributed by atoms with van der Waals surface area (Å²) in [5.74, 6) is -1.77. The van der Waals surface area contributed by atoms with Crippen LogP contribution in [0.3, 0.4) is 0 Å². The Balaban J connectivity index is 0.00000673. The summed E-state index contributed by atoms with van der Waals surface area (Å²) in [4.78, 5) is 28.5. The topological polar surface area (TPSA) is 157 Å². The van der Waals surface area contributed by atoms with E-state index in [-0.39, 0.29) is 87.6 Å². The fourth-order valence-electron chi connectivity index (χ4n) is 5.60. The number of hydrogen-bond donors (Lipinski definition) is 0. The Kier molecular flexibility index (Phi) is 15.8. The van der Waals surface area contributed by atoms with Crippen molar-refractivity contribution in [2.45, 2.75) is 32.0 Å². The number of hydrogen-bond acceptors (Lipinski definition) is 12. The number of anilines is 1. The fourth-order valence-corrected chi connectivity index (χ4v) is 7.11. The summed E-state index contributed by atoms with van der Waals surface area (Å²) >= 11 is 12.6. The van der Waals surface area contributed by atoms with Gasteiger partial charge in [0.15, 0.2) is 30.5 Å². The van der Waals surface area contributed by atoms with Crippen molar-refractivity contribution >= 4 is 63.3 Å². The lowest BCUT2D eigenvalue weighted by molar-refractivity contribution is -0.605. The molecule has 0 bridgehead atoms. The first-order valence-corrected chi connectivity index (χ1v) is 19.4. The van der Waals surface area contributed by atoms with E-state index in [1.54, 1.807) is 0 Å². The van der Waals surface area contributed by atoms with Crippen LogP contribution in [0, 0.1) is 11.1 Å². The second kappa shape index (κ2) is 19.8. The number of aromatic nitrogens is 1. The lowest BCUT2D eigenvalue weighted by atomic mass is 10.0. The van der Waals surface area contributed by atoms with Gasteiger partial charge in [0.25, 0.3) is 0 Å². The Morgan fingerprint density at radius 1 is 1.05 bits per heavy atom. The number of methoxy groups -OCH3 is 1. The number of carbonyl (C=O) groups excluding carboxylic acids is 2. The van der Waals surface area contributed by atoms with Crippen LogP contribution in [-0.4, -0.2) is 97.8 Å². The van der Waals surface area contributed by atoms with E-state index in [2.05, 4.69) is 9.64 Å². The van der Waals surface area contributed by atoms with Crippen LogP contribution >= 0.6 is 35.6 Å². The summed E-state index contributed by atoms with van der Waals surface area (Å²) in [6, 6.07) is 8.07. The van der Waals surface area contributed by atoms with Gasteiger partial charge in [0.05, 0.1) is 44.4 Å². The van der Waals surface area contributed by atoms with E-state index in [1.165, 1.54) is 43.5 Å². The van der Waals surface area contributed by atoms with Crippen molar-refractivity contribution in [3.05, 3.63) is 80.7 Å². The van der Waals surface area contributed by atoms with Gasteiger partial charge in [-0.3, -0.25) is 9.21 Å². The van der Waals surface area contributed by atoms with Gasteiger partial charge in [-0.2, -0.15) is 13.5 Å². The molecule has 1 saturated heterocycles. The van der Waals surface area contributed by atoms with Gasteiger partial charge in [0.1, 0.15) is 21.9 Å². The van der Waals surface area contributed by atoms with Crippen LogP contribution in [0.1, 0.15) is 40.4 Å². The summed E-state index contributed by atoms with van der Waals surface area (Å²) in [5, 5.41) is 11.8. The van der Waals surface area contributed by atoms with Crippen molar-refractivity contribution < 1.29 is 59.9 Å². The Hall–Kier alpha value is -3.87. The van der Waals surface area contributed by atoms with Gasteiger partial charge < -0.3 is 33.6 Å². The van der Waals surface area contributed by atoms with E-state index >= 15 is 0 Å². The number of rotatable bonds is 18. The molecule has 1 atom stereocenters. The SMILES string of the molecule is COc1ccc(C(=O)OCC(=O)OC(Cc2c(Cl)c[n+]([O-])cc2Cl)c2ccc(OC(F)F)c(OCC3CC3)c2)cc1N(CCN1CCOCC1)S(C)(=O)=O.Cl. The zero-order valence-corrected chi connectivity index (χ0v) is 32.9. The van der Waals surface area contributed by atoms with E-state index in [0.717, 1.165) is 35.8 Å². The summed E-state index contributed by atoms with van der Waals surface area (Å²) in [6.45, 7) is -0.962. The summed E-state index contributed by atoms with van der Waals surface area (Å²) in [6.07, 6.45) is 3.64. The maximum atomic E-state index is 13.2. The molecule has 5 rings (SSSR count). The molecule has 0 N–H and O–H groups in total. The number of ether oxygens (including phenoxy) is 6. The van der Waals surface area contributed by atoms with Gasteiger partial charge in [-0.15, -0.1) is 12.4 Å². The summed E-state index contributed by atoms with van der Waals surface area (Å²) in [5.41, 5.74) is 0.533. The van der Waals surface area contributed by atoms with Crippen molar-refractivity contribution in [3.8, 4) is 17.2 Å². The molecule has 2 aliphatic rings. The van der Waals surface area contributed by atoms with Gasteiger partial charge in [-0.25, -0.2) is 18.0 Å². The smallest absolute Gasteiger partial charge is 0.387 e. The zero-order chi connectivity index (χ0) is 39.0. The monoisotopic (exact) mass is 853 g/mol. The molecule has 1 aliphatic carbocycles. The number of esters is 2. The van der Waals surface area contributed by atoms with Gasteiger partial charge >= 0.3 is 18.6 Å². The van der Waals surface area contributed by atoms with Gasteiger partial charge in [-0.1, -0.05) is 29.3 Å². The summed E-state index contributed by atoms with van der Waals surface area (Å²) in [7, 11) is -2.47. The molecule has 1 unspecified atom stereocenters. The molecule has 20 heteroatoms.